The Labute approximate surface area is 349 Å². The van der Waals surface area contributed by atoms with Crippen LogP contribution in [-0.2, 0) is 45.2 Å². The third-order valence-electron chi connectivity index (χ3n) is 9.95. The van der Waals surface area contributed by atoms with Crippen LogP contribution in [0.5, 0.6) is 11.5 Å². The maximum atomic E-state index is 12.6. The van der Waals surface area contributed by atoms with Crippen molar-refractivity contribution in [3.05, 3.63) is 88.5 Å². The number of nitrogens with zero attached hydrogens (tertiary/aromatic N) is 1. The SMILES string of the molecule is COCCCCCC(C)=O.COCc1ccc2c(c1)C(=O)N(c1ccc(C(C)=O)cc1)C2=O.CO[C@H]1CO[C@@H]2[C@H]1OC[C@H]2OC.COc1ccc(OC)c(C(C)(C)C)c1. The lowest BCUT2D eigenvalue weighted by molar-refractivity contribution is -0.117. The summed E-state index contributed by atoms with van der Waals surface area (Å²) in [6, 6.07) is 17.4. The highest BCUT2D eigenvalue weighted by molar-refractivity contribution is 6.34. The highest BCUT2D eigenvalue weighted by Gasteiger charge is 2.48. The molecule has 6 rings (SSSR count). The maximum Gasteiger partial charge on any atom is 0.266 e. The van der Waals surface area contributed by atoms with Crippen LogP contribution in [-0.4, -0.2) is 110 Å². The number of hydrogen-bond acceptors (Lipinski definition) is 12. The lowest BCUT2D eigenvalue weighted by Gasteiger charge is -2.22. The van der Waals surface area contributed by atoms with Crippen molar-refractivity contribution in [1.29, 1.82) is 0 Å². The predicted molar refractivity (Wildman–Crippen MR) is 225 cm³/mol. The van der Waals surface area contributed by atoms with Gasteiger partial charge in [0.25, 0.3) is 11.8 Å². The van der Waals surface area contributed by atoms with Gasteiger partial charge in [-0.3, -0.25) is 14.4 Å². The second kappa shape index (κ2) is 23.9. The number of hydrogen-bond donors (Lipinski definition) is 0. The largest absolute Gasteiger partial charge is 0.497 e. The van der Waals surface area contributed by atoms with Crippen LogP contribution in [0, 0.1) is 0 Å². The third-order valence-corrected chi connectivity index (χ3v) is 9.95. The molecule has 2 fully saturated rings. The second-order valence-corrected chi connectivity index (χ2v) is 15.3. The molecule has 3 aromatic carbocycles. The molecule has 13 nitrogen and oxygen atoms in total. The van der Waals surface area contributed by atoms with Gasteiger partial charge in [-0.25, -0.2) is 4.90 Å². The summed E-state index contributed by atoms with van der Waals surface area (Å²) < 4.78 is 41.9. The molecule has 3 heterocycles. The van der Waals surface area contributed by atoms with Crippen LogP contribution in [0.3, 0.4) is 0 Å². The van der Waals surface area contributed by atoms with Gasteiger partial charge in [0.2, 0.25) is 0 Å². The van der Waals surface area contributed by atoms with Crippen LogP contribution >= 0.6 is 0 Å². The Hall–Kier alpha value is -4.50. The van der Waals surface area contributed by atoms with Gasteiger partial charge in [-0.2, -0.15) is 0 Å². The molecule has 2 amide bonds. The average Bonchev–Trinajstić information content (AvgIpc) is 3.90. The number of ether oxygens (including phenoxy) is 8. The minimum Gasteiger partial charge on any atom is -0.497 e. The maximum absolute atomic E-state index is 12.6. The number of imide groups is 1. The van der Waals surface area contributed by atoms with Gasteiger partial charge in [0.05, 0.1) is 50.9 Å². The van der Waals surface area contributed by atoms with E-state index >= 15 is 0 Å². The van der Waals surface area contributed by atoms with E-state index in [4.69, 9.17) is 37.9 Å². The Morgan fingerprint density at radius 1 is 0.712 bits per heavy atom. The molecule has 0 spiro atoms. The van der Waals surface area contributed by atoms with E-state index in [1.807, 2.05) is 18.2 Å². The van der Waals surface area contributed by atoms with Crippen molar-refractivity contribution in [3.8, 4) is 11.5 Å². The highest BCUT2D eigenvalue weighted by Crippen LogP contribution is 2.34. The van der Waals surface area contributed by atoms with Gasteiger partial charge in [-0.1, -0.05) is 33.3 Å². The van der Waals surface area contributed by atoms with Gasteiger partial charge in [-0.05, 0) is 92.3 Å². The Balaban J connectivity index is 0.000000224. The molecular formula is C46H63NO12. The van der Waals surface area contributed by atoms with E-state index in [9.17, 15) is 19.2 Å². The summed E-state index contributed by atoms with van der Waals surface area (Å²) in [5.74, 6) is 1.29. The second-order valence-electron chi connectivity index (χ2n) is 15.3. The average molecular weight is 822 g/mol. The first-order valence-electron chi connectivity index (χ1n) is 19.8. The van der Waals surface area contributed by atoms with Gasteiger partial charge < -0.3 is 42.7 Å². The Morgan fingerprint density at radius 2 is 1.32 bits per heavy atom. The summed E-state index contributed by atoms with van der Waals surface area (Å²) in [6.45, 7) is 12.0. The molecule has 0 radical (unpaired) electrons. The molecule has 2 saturated heterocycles. The topological polar surface area (TPSA) is 145 Å². The molecule has 13 heteroatoms. The van der Waals surface area contributed by atoms with E-state index in [0.29, 0.717) is 42.2 Å². The lowest BCUT2D eigenvalue weighted by Crippen LogP contribution is -2.32. The number of ketones is 2. The number of methoxy groups -OCH3 is 6. The fourth-order valence-electron chi connectivity index (χ4n) is 6.65. The van der Waals surface area contributed by atoms with Crippen molar-refractivity contribution in [2.24, 2.45) is 0 Å². The molecule has 0 aromatic heterocycles. The molecular weight excluding hydrogens is 759 g/mol. The normalized spacial score (nSPS) is 19.0. The van der Waals surface area contributed by atoms with E-state index in [1.165, 1.54) is 12.5 Å². The van der Waals surface area contributed by atoms with Crippen LogP contribution in [0.4, 0.5) is 5.69 Å². The number of Topliss-reactive ketones (excluding diaryl/α,β-unsaturated/α-hetero) is 2. The number of carbonyl (C=O) groups is 4. The molecule has 0 bridgehead atoms. The highest BCUT2D eigenvalue weighted by atomic mass is 16.6. The molecule has 3 aliphatic heterocycles. The number of amides is 2. The molecule has 4 atom stereocenters. The molecule has 0 N–H and O–H groups in total. The van der Waals surface area contributed by atoms with Crippen molar-refractivity contribution in [2.45, 2.75) is 96.7 Å². The lowest BCUT2D eigenvalue weighted by atomic mass is 9.86. The smallest absolute Gasteiger partial charge is 0.266 e. The van der Waals surface area contributed by atoms with Crippen molar-refractivity contribution < 1.29 is 57.1 Å². The molecule has 3 aliphatic rings. The molecule has 59 heavy (non-hydrogen) atoms. The van der Waals surface area contributed by atoms with Crippen molar-refractivity contribution >= 4 is 29.1 Å². The number of anilines is 1. The molecule has 0 unspecified atom stereocenters. The van der Waals surface area contributed by atoms with Gasteiger partial charge >= 0.3 is 0 Å². The molecule has 0 saturated carbocycles. The van der Waals surface area contributed by atoms with E-state index in [1.54, 1.807) is 92.0 Å². The number of unbranched alkanes of at least 4 members (excludes halogenated alkanes) is 2. The van der Waals surface area contributed by atoms with Crippen LogP contribution in [0.15, 0.2) is 60.7 Å². The Bertz CT molecular complexity index is 1800. The van der Waals surface area contributed by atoms with Crippen molar-refractivity contribution in [1.82, 2.24) is 0 Å². The van der Waals surface area contributed by atoms with Crippen LogP contribution in [0.2, 0.25) is 0 Å². The monoisotopic (exact) mass is 821 g/mol. The third kappa shape index (κ3) is 13.8. The summed E-state index contributed by atoms with van der Waals surface area (Å²) in [5.41, 5.74) is 3.81. The van der Waals surface area contributed by atoms with E-state index in [0.717, 1.165) is 54.3 Å². The van der Waals surface area contributed by atoms with Gasteiger partial charge in [0, 0.05) is 52.6 Å². The van der Waals surface area contributed by atoms with Gasteiger partial charge in [0.1, 0.15) is 41.7 Å². The number of rotatable bonds is 14. The molecule has 3 aromatic rings. The number of benzene rings is 3. The zero-order valence-corrected chi connectivity index (χ0v) is 36.6. The standard InChI is InChI=1S/C18H15NO4.C12H18O2.C8H14O4.C8H16O2/c1-11(20)13-4-6-14(7-5-13)19-17(21)15-8-3-12(10-23-2)9-16(15)18(19)22;1-12(2,3)10-8-9(13-4)6-7-11(10)14-5;1-9-5-3-11-8-6(10-2)4-12-7(5)8;1-8(9)6-4-3-5-7-10-2/h3-9H,10H2,1-2H3;6-8H,1-5H3;5-8H,3-4H2,1-2H3;3-7H2,1-2H3/t;;5-,6+,7-,8-;/m..0./s1. The van der Waals surface area contributed by atoms with Gasteiger partial charge in [0.15, 0.2) is 5.78 Å². The van der Waals surface area contributed by atoms with Crippen molar-refractivity contribution in [2.75, 3.05) is 67.4 Å². The zero-order valence-electron chi connectivity index (χ0n) is 36.6. The van der Waals surface area contributed by atoms with Crippen LogP contribution in [0.25, 0.3) is 0 Å². The van der Waals surface area contributed by atoms with Gasteiger partial charge in [-0.15, -0.1) is 0 Å². The Kier molecular flexibility index (Phi) is 19.8. The minimum atomic E-state index is -0.362. The number of fused-ring (bicyclic) bond motifs is 2. The molecule has 0 aliphatic carbocycles. The van der Waals surface area contributed by atoms with E-state index in [-0.39, 0.29) is 53.2 Å². The summed E-state index contributed by atoms with van der Waals surface area (Å²) >= 11 is 0. The first-order valence-corrected chi connectivity index (χ1v) is 19.8. The summed E-state index contributed by atoms with van der Waals surface area (Å²) in [5, 5.41) is 0. The minimum absolute atomic E-state index is 0.0666. The Morgan fingerprint density at radius 3 is 1.81 bits per heavy atom. The first kappa shape index (κ1) is 48.9. The van der Waals surface area contributed by atoms with Crippen LogP contribution in [0.1, 0.15) is 103 Å². The van der Waals surface area contributed by atoms with Crippen LogP contribution < -0.4 is 14.4 Å². The molecule has 324 valence electrons. The fraction of sp³-hybridized carbons (Fsp3) is 0.522. The zero-order chi connectivity index (χ0) is 43.7. The summed E-state index contributed by atoms with van der Waals surface area (Å²) in [6.07, 6.45) is 4.21. The summed E-state index contributed by atoms with van der Waals surface area (Å²) in [4.78, 5) is 48.0. The van der Waals surface area contributed by atoms with E-state index in [2.05, 4.69) is 20.8 Å². The summed E-state index contributed by atoms with van der Waals surface area (Å²) in [7, 11) is 10.00. The fourth-order valence-corrected chi connectivity index (χ4v) is 6.65. The number of carbonyl (C=O) groups excluding carboxylic acids is 4. The van der Waals surface area contributed by atoms with Crippen molar-refractivity contribution in [3.63, 3.8) is 0 Å². The van der Waals surface area contributed by atoms with E-state index < -0.39 is 0 Å². The predicted octanol–water partition coefficient (Wildman–Crippen LogP) is 7.43. The first-order chi connectivity index (χ1) is 28.1. The quantitative estimate of drug-likeness (QED) is 0.0906.